The standard InChI is InChI=1S/C16H12BrNO2/c1-20-12-9-5-8-11-15(12)18-14(13(17)16(11)19)10-6-3-2-4-7-10/h2-9H,1H3,(H,18,19). The molecule has 4 heteroatoms. The minimum atomic E-state index is -0.0449. The van der Waals surface area contributed by atoms with Crippen LogP contribution in [0.15, 0.2) is 57.8 Å². The van der Waals surface area contributed by atoms with Crippen molar-refractivity contribution >= 4 is 26.8 Å². The van der Waals surface area contributed by atoms with Crippen molar-refractivity contribution in [2.45, 2.75) is 0 Å². The number of H-pyrrole nitrogens is 1. The van der Waals surface area contributed by atoms with Gasteiger partial charge in [0.25, 0.3) is 0 Å². The number of aromatic amines is 1. The molecule has 1 heterocycles. The summed E-state index contributed by atoms with van der Waals surface area (Å²) in [5.74, 6) is 0.657. The van der Waals surface area contributed by atoms with E-state index < -0.39 is 0 Å². The first-order valence-electron chi connectivity index (χ1n) is 6.16. The van der Waals surface area contributed by atoms with Crippen LogP contribution in [0.3, 0.4) is 0 Å². The van der Waals surface area contributed by atoms with Gasteiger partial charge in [-0.05, 0) is 33.6 Å². The predicted octanol–water partition coefficient (Wildman–Crippen LogP) is 3.97. The molecule has 0 radical (unpaired) electrons. The first-order chi connectivity index (χ1) is 9.72. The maximum Gasteiger partial charge on any atom is 0.204 e. The number of hydrogen-bond donors (Lipinski definition) is 1. The summed E-state index contributed by atoms with van der Waals surface area (Å²) in [6.07, 6.45) is 0. The third-order valence-corrected chi connectivity index (χ3v) is 3.98. The number of benzene rings is 2. The van der Waals surface area contributed by atoms with Gasteiger partial charge in [0.05, 0.1) is 28.2 Å². The second kappa shape index (κ2) is 5.13. The van der Waals surface area contributed by atoms with Crippen molar-refractivity contribution in [1.82, 2.24) is 4.98 Å². The van der Waals surface area contributed by atoms with E-state index >= 15 is 0 Å². The molecule has 0 bridgehead atoms. The Bertz CT molecular complexity index is 825. The Morgan fingerprint density at radius 1 is 1.05 bits per heavy atom. The average Bonchev–Trinajstić information content (AvgIpc) is 2.51. The fraction of sp³-hybridized carbons (Fsp3) is 0.0625. The van der Waals surface area contributed by atoms with E-state index in [9.17, 15) is 4.79 Å². The number of para-hydroxylation sites is 1. The van der Waals surface area contributed by atoms with Crippen molar-refractivity contribution in [2.75, 3.05) is 7.11 Å². The van der Waals surface area contributed by atoms with E-state index in [1.54, 1.807) is 13.2 Å². The Morgan fingerprint density at radius 3 is 2.50 bits per heavy atom. The van der Waals surface area contributed by atoms with Gasteiger partial charge in [0.1, 0.15) is 5.75 Å². The van der Waals surface area contributed by atoms with Crippen LogP contribution in [-0.4, -0.2) is 12.1 Å². The van der Waals surface area contributed by atoms with Gasteiger partial charge < -0.3 is 9.72 Å². The molecule has 0 amide bonds. The third-order valence-electron chi connectivity index (χ3n) is 3.22. The Labute approximate surface area is 124 Å². The molecule has 0 aliphatic rings. The van der Waals surface area contributed by atoms with Crippen molar-refractivity contribution in [1.29, 1.82) is 0 Å². The van der Waals surface area contributed by atoms with Crippen LogP contribution in [0.1, 0.15) is 0 Å². The number of pyridine rings is 1. The zero-order valence-electron chi connectivity index (χ0n) is 10.8. The van der Waals surface area contributed by atoms with Crippen LogP contribution in [0.5, 0.6) is 5.75 Å². The molecule has 3 aromatic rings. The number of halogens is 1. The Kier molecular flexibility index (Phi) is 3.32. The number of hydrogen-bond acceptors (Lipinski definition) is 2. The highest BCUT2D eigenvalue weighted by atomic mass is 79.9. The van der Waals surface area contributed by atoms with Crippen molar-refractivity contribution in [3.8, 4) is 17.0 Å². The molecular weight excluding hydrogens is 318 g/mol. The smallest absolute Gasteiger partial charge is 0.204 e. The molecule has 3 nitrogen and oxygen atoms in total. The van der Waals surface area contributed by atoms with E-state index in [4.69, 9.17) is 4.74 Å². The van der Waals surface area contributed by atoms with Gasteiger partial charge in [0.2, 0.25) is 5.43 Å². The van der Waals surface area contributed by atoms with Gasteiger partial charge in [-0.3, -0.25) is 4.79 Å². The summed E-state index contributed by atoms with van der Waals surface area (Å²) >= 11 is 3.40. The summed E-state index contributed by atoms with van der Waals surface area (Å²) in [5.41, 5.74) is 2.37. The van der Waals surface area contributed by atoms with Crippen molar-refractivity contribution < 1.29 is 4.74 Å². The minimum absolute atomic E-state index is 0.0449. The van der Waals surface area contributed by atoms with Crippen LogP contribution in [0.25, 0.3) is 22.2 Å². The van der Waals surface area contributed by atoms with Gasteiger partial charge in [-0.2, -0.15) is 0 Å². The topological polar surface area (TPSA) is 42.1 Å². The SMILES string of the molecule is COc1cccc2c(=O)c(Br)c(-c3ccccc3)[nH]c12. The predicted molar refractivity (Wildman–Crippen MR) is 84.3 cm³/mol. The lowest BCUT2D eigenvalue weighted by atomic mass is 10.1. The quantitative estimate of drug-likeness (QED) is 0.773. The highest BCUT2D eigenvalue weighted by Gasteiger charge is 2.13. The fourth-order valence-electron chi connectivity index (χ4n) is 2.23. The second-order valence-electron chi connectivity index (χ2n) is 4.39. The Balaban J connectivity index is 2.40. The van der Waals surface area contributed by atoms with E-state index in [0.717, 1.165) is 11.3 Å². The summed E-state index contributed by atoms with van der Waals surface area (Å²) in [4.78, 5) is 15.8. The summed E-state index contributed by atoms with van der Waals surface area (Å²) in [5, 5.41) is 0.607. The first-order valence-corrected chi connectivity index (χ1v) is 6.95. The van der Waals surface area contributed by atoms with Gasteiger partial charge >= 0.3 is 0 Å². The summed E-state index contributed by atoms with van der Waals surface area (Å²) < 4.78 is 5.86. The molecule has 3 rings (SSSR count). The maximum atomic E-state index is 12.5. The largest absolute Gasteiger partial charge is 0.495 e. The van der Waals surface area contributed by atoms with Gasteiger partial charge in [-0.15, -0.1) is 0 Å². The molecule has 100 valence electrons. The van der Waals surface area contributed by atoms with Crippen molar-refractivity contribution in [3.63, 3.8) is 0 Å². The Hall–Kier alpha value is -2.07. The molecule has 1 aromatic heterocycles. The highest BCUT2D eigenvalue weighted by Crippen LogP contribution is 2.29. The van der Waals surface area contributed by atoms with Crippen LogP contribution in [0, 0.1) is 0 Å². The highest BCUT2D eigenvalue weighted by molar-refractivity contribution is 9.10. The zero-order valence-corrected chi connectivity index (χ0v) is 12.4. The molecule has 0 spiro atoms. The molecule has 0 saturated carbocycles. The number of rotatable bonds is 2. The van der Waals surface area contributed by atoms with Crippen LogP contribution in [0.2, 0.25) is 0 Å². The Morgan fingerprint density at radius 2 is 1.80 bits per heavy atom. The van der Waals surface area contributed by atoms with E-state index in [-0.39, 0.29) is 5.43 Å². The molecule has 0 atom stereocenters. The van der Waals surface area contributed by atoms with Crippen LogP contribution in [-0.2, 0) is 0 Å². The number of fused-ring (bicyclic) bond motifs is 1. The summed E-state index contributed by atoms with van der Waals surface area (Å²) in [6, 6.07) is 15.2. The monoisotopic (exact) mass is 329 g/mol. The maximum absolute atomic E-state index is 12.5. The van der Waals surface area contributed by atoms with Crippen molar-refractivity contribution in [2.24, 2.45) is 0 Å². The van der Waals surface area contributed by atoms with E-state index in [0.29, 0.717) is 21.1 Å². The normalized spacial score (nSPS) is 10.7. The molecular formula is C16H12BrNO2. The van der Waals surface area contributed by atoms with Gasteiger partial charge in [0, 0.05) is 0 Å². The molecule has 0 saturated heterocycles. The lowest BCUT2D eigenvalue weighted by Gasteiger charge is -2.10. The second-order valence-corrected chi connectivity index (χ2v) is 5.18. The van der Waals surface area contributed by atoms with E-state index in [2.05, 4.69) is 20.9 Å². The molecule has 1 N–H and O–H groups in total. The summed E-state index contributed by atoms with van der Waals surface area (Å²) in [7, 11) is 1.59. The lowest BCUT2D eigenvalue weighted by molar-refractivity contribution is 0.419. The summed E-state index contributed by atoms with van der Waals surface area (Å²) in [6.45, 7) is 0. The number of ether oxygens (including phenoxy) is 1. The number of methoxy groups -OCH3 is 1. The van der Waals surface area contributed by atoms with Crippen LogP contribution < -0.4 is 10.2 Å². The van der Waals surface area contributed by atoms with Gasteiger partial charge in [0.15, 0.2) is 0 Å². The molecule has 0 aliphatic carbocycles. The number of aromatic nitrogens is 1. The average molecular weight is 330 g/mol. The zero-order chi connectivity index (χ0) is 14.1. The molecule has 20 heavy (non-hydrogen) atoms. The first kappa shape index (κ1) is 12.9. The van der Waals surface area contributed by atoms with E-state index in [1.807, 2.05) is 42.5 Å². The molecule has 0 aliphatic heterocycles. The van der Waals surface area contributed by atoms with Crippen LogP contribution >= 0.6 is 15.9 Å². The van der Waals surface area contributed by atoms with E-state index in [1.165, 1.54) is 0 Å². The van der Waals surface area contributed by atoms with Gasteiger partial charge in [-0.1, -0.05) is 36.4 Å². The van der Waals surface area contributed by atoms with Crippen molar-refractivity contribution in [3.05, 3.63) is 63.2 Å². The molecule has 0 fully saturated rings. The molecule has 2 aromatic carbocycles. The minimum Gasteiger partial charge on any atom is -0.495 e. The van der Waals surface area contributed by atoms with Crippen LogP contribution in [0.4, 0.5) is 0 Å². The van der Waals surface area contributed by atoms with Gasteiger partial charge in [-0.25, -0.2) is 0 Å². The lowest BCUT2D eigenvalue weighted by Crippen LogP contribution is -2.07. The number of nitrogens with one attached hydrogen (secondary N) is 1. The fourth-order valence-corrected chi connectivity index (χ4v) is 2.78. The third kappa shape index (κ3) is 2.02. The molecule has 0 unspecified atom stereocenters.